The van der Waals surface area contributed by atoms with Gasteiger partial charge in [-0.3, -0.25) is 0 Å². The van der Waals surface area contributed by atoms with E-state index >= 15 is 0 Å². The van der Waals surface area contributed by atoms with Crippen LogP contribution in [0.4, 0.5) is 0 Å². The van der Waals surface area contributed by atoms with E-state index in [-0.39, 0.29) is 0 Å². The van der Waals surface area contributed by atoms with E-state index in [1.807, 2.05) is 0 Å². The SMILES string of the molecule is Cc1cc(C)cc(-c2cccc(-c3ccc(C)cc3C)c2)c1. The first-order valence-corrected chi connectivity index (χ1v) is 7.79. The third-order valence-corrected chi connectivity index (χ3v) is 4.11. The minimum atomic E-state index is 1.28. The summed E-state index contributed by atoms with van der Waals surface area (Å²) < 4.78 is 0. The molecule has 0 aliphatic rings. The maximum Gasteiger partial charge on any atom is -0.0154 e. The minimum Gasteiger partial charge on any atom is -0.0610 e. The van der Waals surface area contributed by atoms with E-state index in [1.54, 1.807) is 0 Å². The molecule has 0 heterocycles. The summed E-state index contributed by atoms with van der Waals surface area (Å²) in [7, 11) is 0. The lowest BCUT2D eigenvalue weighted by Crippen LogP contribution is -1.87. The molecule has 0 fully saturated rings. The molecule has 0 heteroatoms. The molecule has 0 N–H and O–H groups in total. The van der Waals surface area contributed by atoms with Gasteiger partial charge < -0.3 is 0 Å². The molecule has 0 atom stereocenters. The molecular formula is C22H22. The van der Waals surface area contributed by atoms with Gasteiger partial charge in [-0.05, 0) is 61.6 Å². The largest absolute Gasteiger partial charge is 0.0610 e. The second-order valence-corrected chi connectivity index (χ2v) is 6.28. The van der Waals surface area contributed by atoms with Gasteiger partial charge in [0.2, 0.25) is 0 Å². The molecule has 0 saturated carbocycles. The Bertz CT molecular complexity index is 805. The molecule has 110 valence electrons. The predicted octanol–water partition coefficient (Wildman–Crippen LogP) is 6.25. The van der Waals surface area contributed by atoms with Crippen LogP contribution in [0.2, 0.25) is 0 Å². The lowest BCUT2D eigenvalue weighted by Gasteiger charge is -2.10. The highest BCUT2D eigenvalue weighted by Gasteiger charge is 2.05. The molecule has 0 aliphatic carbocycles. The third-order valence-electron chi connectivity index (χ3n) is 4.11. The summed E-state index contributed by atoms with van der Waals surface area (Å²) in [5, 5.41) is 0. The summed E-state index contributed by atoms with van der Waals surface area (Å²) in [6, 6.07) is 22.2. The topological polar surface area (TPSA) is 0 Å². The normalized spacial score (nSPS) is 10.7. The molecule has 0 spiro atoms. The van der Waals surface area contributed by atoms with Crippen molar-refractivity contribution >= 4 is 0 Å². The molecule has 0 nitrogen and oxygen atoms in total. The first-order valence-electron chi connectivity index (χ1n) is 7.79. The van der Waals surface area contributed by atoms with Gasteiger partial charge >= 0.3 is 0 Å². The van der Waals surface area contributed by atoms with Gasteiger partial charge in [-0.1, -0.05) is 71.3 Å². The summed E-state index contributed by atoms with van der Waals surface area (Å²) in [4.78, 5) is 0. The quantitative estimate of drug-likeness (QED) is 0.522. The van der Waals surface area contributed by atoms with Crippen LogP contribution in [-0.2, 0) is 0 Å². The number of hydrogen-bond acceptors (Lipinski definition) is 0. The van der Waals surface area contributed by atoms with Crippen molar-refractivity contribution in [3.05, 3.63) is 82.9 Å². The highest BCUT2D eigenvalue weighted by atomic mass is 14.1. The zero-order chi connectivity index (χ0) is 15.7. The van der Waals surface area contributed by atoms with Crippen LogP contribution in [0.3, 0.4) is 0 Å². The maximum atomic E-state index is 2.30. The fraction of sp³-hybridized carbons (Fsp3) is 0.182. The van der Waals surface area contributed by atoms with Crippen LogP contribution in [-0.4, -0.2) is 0 Å². The molecule has 0 aliphatic heterocycles. The third kappa shape index (κ3) is 2.96. The Morgan fingerprint density at radius 3 is 1.86 bits per heavy atom. The van der Waals surface area contributed by atoms with E-state index < -0.39 is 0 Å². The van der Waals surface area contributed by atoms with Gasteiger partial charge in [0.25, 0.3) is 0 Å². The number of rotatable bonds is 2. The van der Waals surface area contributed by atoms with Gasteiger partial charge in [0.1, 0.15) is 0 Å². The van der Waals surface area contributed by atoms with E-state index in [0.717, 1.165) is 0 Å². The van der Waals surface area contributed by atoms with E-state index in [0.29, 0.717) is 0 Å². The molecule has 0 saturated heterocycles. The smallest absolute Gasteiger partial charge is 0.0154 e. The molecule has 3 aromatic carbocycles. The van der Waals surface area contributed by atoms with Gasteiger partial charge in [-0.15, -0.1) is 0 Å². The zero-order valence-electron chi connectivity index (χ0n) is 13.8. The Morgan fingerprint density at radius 1 is 0.500 bits per heavy atom. The number of aryl methyl sites for hydroxylation is 4. The fourth-order valence-electron chi connectivity index (χ4n) is 3.15. The summed E-state index contributed by atoms with van der Waals surface area (Å²) >= 11 is 0. The van der Waals surface area contributed by atoms with Crippen LogP contribution >= 0.6 is 0 Å². The van der Waals surface area contributed by atoms with Crippen molar-refractivity contribution in [3.63, 3.8) is 0 Å². The summed E-state index contributed by atoms with van der Waals surface area (Å²) in [5.74, 6) is 0. The van der Waals surface area contributed by atoms with Crippen LogP contribution in [0.25, 0.3) is 22.3 Å². The van der Waals surface area contributed by atoms with E-state index in [2.05, 4.69) is 88.4 Å². The minimum absolute atomic E-state index is 1.28. The summed E-state index contributed by atoms with van der Waals surface area (Å²) in [5.41, 5.74) is 10.4. The zero-order valence-corrected chi connectivity index (χ0v) is 13.8. The lowest BCUT2D eigenvalue weighted by atomic mass is 9.94. The molecule has 3 rings (SSSR count). The fourth-order valence-corrected chi connectivity index (χ4v) is 3.15. The van der Waals surface area contributed by atoms with Crippen molar-refractivity contribution in [2.75, 3.05) is 0 Å². The van der Waals surface area contributed by atoms with Gasteiger partial charge in [-0.25, -0.2) is 0 Å². The first kappa shape index (κ1) is 14.6. The van der Waals surface area contributed by atoms with Crippen molar-refractivity contribution in [2.24, 2.45) is 0 Å². The Kier molecular flexibility index (Phi) is 3.85. The predicted molar refractivity (Wildman–Crippen MR) is 96.3 cm³/mol. The highest BCUT2D eigenvalue weighted by Crippen LogP contribution is 2.29. The van der Waals surface area contributed by atoms with Crippen LogP contribution in [0.5, 0.6) is 0 Å². The van der Waals surface area contributed by atoms with E-state index in [9.17, 15) is 0 Å². The molecule has 0 bridgehead atoms. The summed E-state index contributed by atoms with van der Waals surface area (Å²) in [6.45, 7) is 8.64. The highest BCUT2D eigenvalue weighted by molar-refractivity contribution is 5.75. The van der Waals surface area contributed by atoms with Gasteiger partial charge in [0.15, 0.2) is 0 Å². The van der Waals surface area contributed by atoms with Crippen molar-refractivity contribution in [2.45, 2.75) is 27.7 Å². The van der Waals surface area contributed by atoms with E-state index in [4.69, 9.17) is 0 Å². The molecule has 0 unspecified atom stereocenters. The average Bonchev–Trinajstić information content (AvgIpc) is 2.46. The molecule has 0 amide bonds. The molecule has 22 heavy (non-hydrogen) atoms. The van der Waals surface area contributed by atoms with Crippen LogP contribution in [0.1, 0.15) is 22.3 Å². The van der Waals surface area contributed by atoms with E-state index in [1.165, 1.54) is 44.5 Å². The van der Waals surface area contributed by atoms with Gasteiger partial charge in [0, 0.05) is 0 Å². The van der Waals surface area contributed by atoms with Gasteiger partial charge in [0.05, 0.1) is 0 Å². The Morgan fingerprint density at radius 2 is 1.18 bits per heavy atom. The monoisotopic (exact) mass is 286 g/mol. The lowest BCUT2D eigenvalue weighted by molar-refractivity contribution is 1.37. The standard InChI is InChI=1S/C22H22/c1-15-8-9-22(18(4)11-15)20-7-5-6-19(14-20)21-12-16(2)10-17(3)13-21/h5-14H,1-4H3. The summed E-state index contributed by atoms with van der Waals surface area (Å²) in [6.07, 6.45) is 0. The van der Waals surface area contributed by atoms with Crippen molar-refractivity contribution in [3.8, 4) is 22.3 Å². The maximum absolute atomic E-state index is 2.30. The Labute approximate surface area is 133 Å². The first-order chi connectivity index (χ1) is 10.5. The van der Waals surface area contributed by atoms with Crippen LogP contribution < -0.4 is 0 Å². The van der Waals surface area contributed by atoms with Crippen molar-refractivity contribution in [1.29, 1.82) is 0 Å². The molecule has 3 aromatic rings. The van der Waals surface area contributed by atoms with Gasteiger partial charge in [-0.2, -0.15) is 0 Å². The Balaban J connectivity index is 2.09. The number of benzene rings is 3. The van der Waals surface area contributed by atoms with Crippen LogP contribution in [0.15, 0.2) is 60.7 Å². The number of hydrogen-bond donors (Lipinski definition) is 0. The molecule has 0 aromatic heterocycles. The Hall–Kier alpha value is -2.34. The van der Waals surface area contributed by atoms with Crippen molar-refractivity contribution in [1.82, 2.24) is 0 Å². The van der Waals surface area contributed by atoms with Crippen molar-refractivity contribution < 1.29 is 0 Å². The second kappa shape index (κ2) is 5.81. The second-order valence-electron chi connectivity index (χ2n) is 6.28. The molecule has 0 radical (unpaired) electrons. The molecular weight excluding hydrogens is 264 g/mol. The van der Waals surface area contributed by atoms with Crippen LogP contribution in [0, 0.1) is 27.7 Å². The average molecular weight is 286 g/mol.